The summed E-state index contributed by atoms with van der Waals surface area (Å²) < 4.78 is 16.0. The van der Waals surface area contributed by atoms with Crippen molar-refractivity contribution in [3.63, 3.8) is 0 Å². The number of amides is 1. The van der Waals surface area contributed by atoms with E-state index in [0.717, 1.165) is 30.6 Å². The Morgan fingerprint density at radius 1 is 1.07 bits per heavy atom. The van der Waals surface area contributed by atoms with Gasteiger partial charge >= 0.3 is 12.1 Å². The summed E-state index contributed by atoms with van der Waals surface area (Å²) in [6.45, 7) is 5.57. The largest absolute Gasteiger partial charge is 0.497 e. The van der Waals surface area contributed by atoms with Gasteiger partial charge in [0.05, 0.1) is 20.1 Å². The number of rotatable bonds is 3. The molecule has 0 unspecified atom stereocenters. The van der Waals surface area contributed by atoms with Crippen molar-refractivity contribution in [2.24, 2.45) is 5.92 Å². The number of methoxy groups -OCH3 is 2. The van der Waals surface area contributed by atoms with Gasteiger partial charge in [-0.25, -0.2) is 4.79 Å². The molecule has 0 aliphatic carbocycles. The highest BCUT2D eigenvalue weighted by atomic mass is 16.6. The minimum absolute atomic E-state index is 0.0135. The maximum absolute atomic E-state index is 12.8. The minimum atomic E-state index is -0.565. The lowest BCUT2D eigenvalue weighted by molar-refractivity contribution is -0.150. The number of hydrogen-bond donors (Lipinski definition) is 0. The molecule has 0 saturated carbocycles. The van der Waals surface area contributed by atoms with Gasteiger partial charge in [0.1, 0.15) is 11.4 Å². The normalized spacial score (nSPS) is 27.2. The molecule has 2 saturated heterocycles. The SMILES string of the molecule is COC(=O)[C@@H]1[C@H](c2ccc(OC)cc2)C[C@H]2CC[C@@H]1N2C(=O)OC(C)(C)C. The summed E-state index contributed by atoms with van der Waals surface area (Å²) in [6.07, 6.45) is 2.06. The van der Waals surface area contributed by atoms with E-state index < -0.39 is 11.5 Å². The van der Waals surface area contributed by atoms with Crippen molar-refractivity contribution in [1.82, 2.24) is 4.90 Å². The Morgan fingerprint density at radius 3 is 2.30 bits per heavy atom. The second-order valence-corrected chi connectivity index (χ2v) is 8.35. The molecular formula is C21H29NO5. The molecule has 2 fully saturated rings. The molecule has 1 amide bonds. The summed E-state index contributed by atoms with van der Waals surface area (Å²) in [7, 11) is 3.04. The van der Waals surface area contributed by atoms with Gasteiger partial charge in [0.15, 0.2) is 0 Å². The van der Waals surface area contributed by atoms with Crippen molar-refractivity contribution in [1.29, 1.82) is 0 Å². The number of nitrogens with zero attached hydrogens (tertiary/aromatic N) is 1. The zero-order valence-corrected chi connectivity index (χ0v) is 16.7. The van der Waals surface area contributed by atoms with Crippen LogP contribution in [0.25, 0.3) is 0 Å². The molecule has 148 valence electrons. The van der Waals surface area contributed by atoms with Gasteiger partial charge in [-0.3, -0.25) is 4.79 Å². The number of esters is 1. The summed E-state index contributed by atoms with van der Waals surface area (Å²) >= 11 is 0. The van der Waals surface area contributed by atoms with Crippen LogP contribution in [-0.2, 0) is 14.3 Å². The second-order valence-electron chi connectivity index (χ2n) is 8.35. The van der Waals surface area contributed by atoms with E-state index in [1.165, 1.54) is 7.11 Å². The first-order chi connectivity index (χ1) is 12.7. The van der Waals surface area contributed by atoms with Gasteiger partial charge in [0.2, 0.25) is 0 Å². The van der Waals surface area contributed by atoms with Crippen LogP contribution in [-0.4, -0.2) is 48.9 Å². The fourth-order valence-electron chi connectivity index (χ4n) is 4.46. The molecule has 6 nitrogen and oxygen atoms in total. The number of ether oxygens (including phenoxy) is 3. The molecule has 2 heterocycles. The first-order valence-corrected chi connectivity index (χ1v) is 9.48. The number of fused-ring (bicyclic) bond motifs is 2. The van der Waals surface area contributed by atoms with E-state index in [9.17, 15) is 9.59 Å². The summed E-state index contributed by atoms with van der Waals surface area (Å²) in [5, 5.41) is 0. The average Bonchev–Trinajstić information content (AvgIpc) is 2.94. The van der Waals surface area contributed by atoms with Crippen molar-refractivity contribution >= 4 is 12.1 Å². The van der Waals surface area contributed by atoms with Gasteiger partial charge in [-0.15, -0.1) is 0 Å². The quantitative estimate of drug-likeness (QED) is 0.753. The Hall–Kier alpha value is -2.24. The summed E-state index contributed by atoms with van der Waals surface area (Å²) in [4.78, 5) is 27.3. The van der Waals surface area contributed by atoms with E-state index >= 15 is 0 Å². The van der Waals surface area contributed by atoms with Crippen molar-refractivity contribution in [2.75, 3.05) is 14.2 Å². The first-order valence-electron chi connectivity index (χ1n) is 9.48. The van der Waals surface area contributed by atoms with Crippen LogP contribution in [0, 0.1) is 5.92 Å². The Kier molecular flexibility index (Phi) is 5.36. The molecule has 6 heteroatoms. The Labute approximate surface area is 160 Å². The predicted molar refractivity (Wildman–Crippen MR) is 101 cm³/mol. The molecule has 2 aliphatic rings. The van der Waals surface area contributed by atoms with Crippen LogP contribution in [0.5, 0.6) is 5.75 Å². The van der Waals surface area contributed by atoms with Crippen LogP contribution >= 0.6 is 0 Å². The Balaban J connectivity index is 1.90. The topological polar surface area (TPSA) is 65.1 Å². The van der Waals surface area contributed by atoms with Crippen LogP contribution in [0.3, 0.4) is 0 Å². The minimum Gasteiger partial charge on any atom is -0.497 e. The molecule has 3 rings (SSSR count). The highest BCUT2D eigenvalue weighted by Gasteiger charge is 2.53. The fraction of sp³-hybridized carbons (Fsp3) is 0.619. The van der Waals surface area contributed by atoms with Gasteiger partial charge in [-0.2, -0.15) is 0 Å². The number of carbonyl (C=O) groups is 2. The number of hydrogen-bond acceptors (Lipinski definition) is 5. The van der Waals surface area contributed by atoms with Gasteiger partial charge in [0.25, 0.3) is 0 Å². The maximum Gasteiger partial charge on any atom is 0.410 e. The molecule has 0 spiro atoms. The standard InChI is InChI=1S/C21H29NO5/c1-21(2,3)27-20(24)22-14-8-11-17(22)18(19(23)26-5)16(12-14)13-6-9-15(25-4)10-7-13/h6-7,9-10,14,16-18H,8,11-12H2,1-5H3/t14-,16+,17+,18-/m1/s1. The molecule has 0 aromatic heterocycles. The van der Waals surface area contributed by atoms with Gasteiger partial charge in [0, 0.05) is 18.0 Å². The number of piperidine rings is 1. The lowest BCUT2D eigenvalue weighted by Crippen LogP contribution is -2.54. The van der Waals surface area contributed by atoms with Gasteiger partial charge in [-0.05, 0) is 57.7 Å². The molecular weight excluding hydrogens is 346 g/mol. The molecule has 4 atom stereocenters. The van der Waals surface area contributed by atoms with Crippen LogP contribution in [0.1, 0.15) is 51.5 Å². The molecule has 2 aliphatic heterocycles. The molecule has 0 radical (unpaired) electrons. The van der Waals surface area contributed by atoms with E-state index in [4.69, 9.17) is 14.2 Å². The van der Waals surface area contributed by atoms with E-state index in [1.54, 1.807) is 12.0 Å². The van der Waals surface area contributed by atoms with E-state index in [0.29, 0.717) is 0 Å². The molecule has 27 heavy (non-hydrogen) atoms. The van der Waals surface area contributed by atoms with Crippen molar-refractivity contribution in [2.45, 2.75) is 63.6 Å². The number of carbonyl (C=O) groups excluding carboxylic acids is 2. The van der Waals surface area contributed by atoms with E-state index in [2.05, 4.69) is 0 Å². The lowest BCUT2D eigenvalue weighted by atomic mass is 9.76. The number of benzene rings is 1. The summed E-state index contributed by atoms with van der Waals surface area (Å²) in [6, 6.07) is 7.71. The third-order valence-electron chi connectivity index (χ3n) is 5.54. The zero-order chi connectivity index (χ0) is 19.8. The third kappa shape index (κ3) is 3.89. The zero-order valence-electron chi connectivity index (χ0n) is 16.7. The molecule has 1 aromatic rings. The van der Waals surface area contributed by atoms with Crippen LogP contribution in [0.4, 0.5) is 4.79 Å². The van der Waals surface area contributed by atoms with Crippen LogP contribution < -0.4 is 4.74 Å². The monoisotopic (exact) mass is 375 g/mol. The molecule has 1 aromatic carbocycles. The fourth-order valence-corrected chi connectivity index (χ4v) is 4.46. The highest BCUT2D eigenvalue weighted by molar-refractivity contribution is 5.78. The Morgan fingerprint density at radius 2 is 1.74 bits per heavy atom. The molecule has 0 N–H and O–H groups in total. The predicted octanol–water partition coefficient (Wildman–Crippen LogP) is 3.74. The van der Waals surface area contributed by atoms with Crippen LogP contribution in [0.2, 0.25) is 0 Å². The summed E-state index contributed by atoms with van der Waals surface area (Å²) in [5.41, 5.74) is 0.511. The third-order valence-corrected chi connectivity index (χ3v) is 5.54. The lowest BCUT2D eigenvalue weighted by Gasteiger charge is -2.43. The molecule has 2 bridgehead atoms. The van der Waals surface area contributed by atoms with Crippen LogP contribution in [0.15, 0.2) is 24.3 Å². The van der Waals surface area contributed by atoms with Crippen molar-refractivity contribution in [3.05, 3.63) is 29.8 Å². The second kappa shape index (κ2) is 7.41. The summed E-state index contributed by atoms with van der Waals surface area (Å²) in [5.74, 6) is 0.131. The maximum atomic E-state index is 12.8. The van der Waals surface area contributed by atoms with Crippen molar-refractivity contribution in [3.8, 4) is 5.75 Å². The Bertz CT molecular complexity index is 694. The van der Waals surface area contributed by atoms with Gasteiger partial charge < -0.3 is 19.1 Å². The average molecular weight is 375 g/mol. The first kappa shape index (κ1) is 19.5. The van der Waals surface area contributed by atoms with E-state index in [-0.39, 0.29) is 30.1 Å². The smallest absolute Gasteiger partial charge is 0.410 e. The highest BCUT2D eigenvalue weighted by Crippen LogP contribution is 2.48. The van der Waals surface area contributed by atoms with Gasteiger partial charge in [-0.1, -0.05) is 12.1 Å². The van der Waals surface area contributed by atoms with Crippen molar-refractivity contribution < 1.29 is 23.8 Å². The van der Waals surface area contributed by atoms with E-state index in [1.807, 2.05) is 45.0 Å².